The maximum atomic E-state index is 13.5. The van der Waals surface area contributed by atoms with Crippen molar-refractivity contribution in [3.05, 3.63) is 53.9 Å². The van der Waals surface area contributed by atoms with Gasteiger partial charge in [-0.15, -0.1) is 0 Å². The molecule has 0 bridgehead atoms. The third kappa shape index (κ3) is 2.46. The average Bonchev–Trinajstić information content (AvgIpc) is 2.86. The van der Waals surface area contributed by atoms with Gasteiger partial charge in [-0.05, 0) is 24.6 Å². The molecule has 0 fully saturated rings. The molecule has 1 aromatic carbocycles. The molecule has 4 nitrogen and oxygen atoms in total. The van der Waals surface area contributed by atoms with E-state index in [9.17, 15) is 4.39 Å². The predicted octanol–water partition coefficient (Wildman–Crippen LogP) is 1.93. The zero-order chi connectivity index (χ0) is 14.1. The summed E-state index contributed by atoms with van der Waals surface area (Å²) in [4.78, 5) is 6.65. The molecular weight excluding hydrogens is 255 g/mol. The lowest BCUT2D eigenvalue weighted by Gasteiger charge is -2.37. The van der Waals surface area contributed by atoms with Crippen molar-refractivity contribution in [3.8, 4) is 0 Å². The monoisotopic (exact) mass is 274 g/mol. The summed E-state index contributed by atoms with van der Waals surface area (Å²) in [6.45, 7) is 4.51. The Labute approximate surface area is 118 Å². The second-order valence-corrected chi connectivity index (χ2v) is 5.37. The predicted molar refractivity (Wildman–Crippen MR) is 75.4 cm³/mol. The molecule has 1 aliphatic rings. The minimum atomic E-state index is -0.216. The van der Waals surface area contributed by atoms with Crippen LogP contribution in [0.2, 0.25) is 0 Å². The van der Waals surface area contributed by atoms with Gasteiger partial charge in [-0.2, -0.15) is 0 Å². The Balaban J connectivity index is 1.89. The van der Waals surface area contributed by atoms with Gasteiger partial charge in [-0.25, -0.2) is 9.37 Å². The number of hydrogen-bond acceptors (Lipinski definition) is 3. The van der Waals surface area contributed by atoms with Crippen molar-refractivity contribution >= 4 is 0 Å². The number of nitrogens with two attached hydrogens (primary N) is 1. The minimum Gasteiger partial charge on any atom is -0.333 e. The maximum Gasteiger partial charge on any atom is 0.123 e. The Morgan fingerprint density at radius 3 is 2.95 bits per heavy atom. The first kappa shape index (κ1) is 13.3. The summed E-state index contributed by atoms with van der Waals surface area (Å²) in [5.74, 6) is 0.824. The van der Waals surface area contributed by atoms with Gasteiger partial charge in [0.05, 0.1) is 12.6 Å². The molecule has 1 aliphatic heterocycles. The summed E-state index contributed by atoms with van der Waals surface area (Å²) < 4.78 is 15.6. The number of nitrogens with zero attached hydrogens (tertiary/aromatic N) is 3. The number of benzene rings is 1. The van der Waals surface area contributed by atoms with E-state index in [1.54, 1.807) is 12.1 Å². The van der Waals surface area contributed by atoms with Crippen molar-refractivity contribution in [2.45, 2.75) is 32.1 Å². The molecule has 106 valence electrons. The van der Waals surface area contributed by atoms with Crippen LogP contribution in [0.3, 0.4) is 0 Å². The standard InChI is InChI=1S/C15H19FN4/c1-11(17)15(12-3-2-4-13(16)9-12)20-8-7-19-6-5-18-14(19)10-20/h2-6,9,11,15H,7-8,10,17H2,1H3. The molecule has 2 heterocycles. The van der Waals surface area contributed by atoms with Crippen molar-refractivity contribution in [2.24, 2.45) is 5.73 Å². The van der Waals surface area contributed by atoms with Gasteiger partial charge in [-0.3, -0.25) is 4.90 Å². The van der Waals surface area contributed by atoms with Crippen LogP contribution in [-0.4, -0.2) is 27.0 Å². The van der Waals surface area contributed by atoms with Gasteiger partial charge in [0.15, 0.2) is 0 Å². The van der Waals surface area contributed by atoms with E-state index in [0.717, 1.165) is 31.0 Å². The lowest BCUT2D eigenvalue weighted by atomic mass is 9.98. The van der Waals surface area contributed by atoms with Crippen molar-refractivity contribution in [2.75, 3.05) is 6.54 Å². The van der Waals surface area contributed by atoms with Gasteiger partial charge >= 0.3 is 0 Å². The summed E-state index contributed by atoms with van der Waals surface area (Å²) in [5.41, 5.74) is 7.08. The normalized spacial score (nSPS) is 18.6. The lowest BCUT2D eigenvalue weighted by molar-refractivity contribution is 0.136. The molecule has 5 heteroatoms. The summed E-state index contributed by atoms with van der Waals surface area (Å²) in [6, 6.07) is 6.66. The summed E-state index contributed by atoms with van der Waals surface area (Å²) in [7, 11) is 0. The molecule has 1 aromatic heterocycles. The lowest BCUT2D eigenvalue weighted by Crippen LogP contribution is -2.43. The molecule has 0 radical (unpaired) electrons. The molecule has 0 saturated carbocycles. The first-order valence-corrected chi connectivity index (χ1v) is 6.90. The first-order valence-electron chi connectivity index (χ1n) is 6.90. The topological polar surface area (TPSA) is 47.1 Å². The Bertz CT molecular complexity index is 593. The van der Waals surface area contributed by atoms with Gasteiger partial charge < -0.3 is 10.3 Å². The molecule has 0 saturated heterocycles. The molecule has 2 unspecified atom stereocenters. The molecule has 2 aromatic rings. The summed E-state index contributed by atoms with van der Waals surface area (Å²) in [5, 5.41) is 0. The van der Waals surface area contributed by atoms with Crippen LogP contribution < -0.4 is 5.73 Å². The first-order chi connectivity index (χ1) is 9.65. The van der Waals surface area contributed by atoms with E-state index in [1.165, 1.54) is 6.07 Å². The summed E-state index contributed by atoms with van der Waals surface area (Å²) >= 11 is 0. The average molecular weight is 274 g/mol. The van der Waals surface area contributed by atoms with Crippen LogP contribution in [0, 0.1) is 5.82 Å². The fourth-order valence-electron chi connectivity index (χ4n) is 2.97. The highest BCUT2D eigenvalue weighted by atomic mass is 19.1. The number of aromatic nitrogens is 2. The van der Waals surface area contributed by atoms with Crippen LogP contribution >= 0.6 is 0 Å². The largest absolute Gasteiger partial charge is 0.333 e. The molecule has 0 spiro atoms. The zero-order valence-electron chi connectivity index (χ0n) is 11.5. The molecule has 20 heavy (non-hydrogen) atoms. The van der Waals surface area contributed by atoms with Crippen LogP contribution in [0.25, 0.3) is 0 Å². The third-order valence-electron chi connectivity index (χ3n) is 3.86. The van der Waals surface area contributed by atoms with Crippen molar-refractivity contribution in [3.63, 3.8) is 0 Å². The highest BCUT2D eigenvalue weighted by Crippen LogP contribution is 2.27. The molecule has 0 aliphatic carbocycles. The second-order valence-electron chi connectivity index (χ2n) is 5.37. The van der Waals surface area contributed by atoms with E-state index in [-0.39, 0.29) is 17.9 Å². The van der Waals surface area contributed by atoms with Gasteiger partial charge in [0.2, 0.25) is 0 Å². The van der Waals surface area contributed by atoms with Crippen molar-refractivity contribution in [1.82, 2.24) is 14.5 Å². The Morgan fingerprint density at radius 2 is 2.20 bits per heavy atom. The van der Waals surface area contributed by atoms with Crippen LogP contribution in [0.1, 0.15) is 24.4 Å². The zero-order valence-corrected chi connectivity index (χ0v) is 11.5. The summed E-state index contributed by atoms with van der Waals surface area (Å²) in [6.07, 6.45) is 3.82. The van der Waals surface area contributed by atoms with Gasteiger partial charge in [-0.1, -0.05) is 12.1 Å². The Morgan fingerprint density at radius 1 is 1.35 bits per heavy atom. The van der Waals surface area contributed by atoms with E-state index in [1.807, 2.05) is 25.4 Å². The SMILES string of the molecule is CC(N)C(c1cccc(F)c1)N1CCn2ccnc2C1. The molecular formula is C15H19FN4. The quantitative estimate of drug-likeness (QED) is 0.930. The third-order valence-corrected chi connectivity index (χ3v) is 3.86. The van der Waals surface area contributed by atoms with E-state index in [2.05, 4.69) is 14.5 Å². The van der Waals surface area contributed by atoms with Gasteiger partial charge in [0.1, 0.15) is 11.6 Å². The number of imidazole rings is 1. The fourth-order valence-corrected chi connectivity index (χ4v) is 2.97. The van der Waals surface area contributed by atoms with Crippen LogP contribution in [0.15, 0.2) is 36.7 Å². The molecule has 2 atom stereocenters. The van der Waals surface area contributed by atoms with Crippen molar-refractivity contribution in [1.29, 1.82) is 0 Å². The minimum absolute atomic E-state index is 0.0103. The smallest absolute Gasteiger partial charge is 0.123 e. The number of fused-ring (bicyclic) bond motifs is 1. The number of hydrogen-bond donors (Lipinski definition) is 1. The number of rotatable bonds is 3. The molecule has 0 amide bonds. The fraction of sp³-hybridized carbons (Fsp3) is 0.400. The second kappa shape index (κ2) is 5.34. The molecule has 2 N–H and O–H groups in total. The molecule has 3 rings (SSSR count). The van der Waals surface area contributed by atoms with Gasteiger partial charge in [0, 0.05) is 31.5 Å². The van der Waals surface area contributed by atoms with Crippen LogP contribution in [-0.2, 0) is 13.1 Å². The number of halogens is 1. The highest BCUT2D eigenvalue weighted by Gasteiger charge is 2.28. The maximum absolute atomic E-state index is 13.5. The highest BCUT2D eigenvalue weighted by molar-refractivity contribution is 5.22. The Kier molecular flexibility index (Phi) is 3.54. The van der Waals surface area contributed by atoms with E-state index < -0.39 is 0 Å². The Hall–Kier alpha value is -1.72. The van der Waals surface area contributed by atoms with Crippen molar-refractivity contribution < 1.29 is 4.39 Å². The van der Waals surface area contributed by atoms with Crippen LogP contribution in [0.5, 0.6) is 0 Å². The van der Waals surface area contributed by atoms with E-state index in [4.69, 9.17) is 5.73 Å². The van der Waals surface area contributed by atoms with E-state index in [0.29, 0.717) is 0 Å². The van der Waals surface area contributed by atoms with Gasteiger partial charge in [0.25, 0.3) is 0 Å². The van der Waals surface area contributed by atoms with E-state index >= 15 is 0 Å². The van der Waals surface area contributed by atoms with Crippen LogP contribution in [0.4, 0.5) is 4.39 Å².